The number of hydrogen-bond donors (Lipinski definition) is 1. The first kappa shape index (κ1) is 15.3. The van der Waals surface area contributed by atoms with Crippen LogP contribution in [0.3, 0.4) is 0 Å². The minimum atomic E-state index is 0.444. The Morgan fingerprint density at radius 2 is 1.74 bits per heavy atom. The summed E-state index contributed by atoms with van der Waals surface area (Å²) in [7, 11) is 0. The van der Waals surface area contributed by atoms with Crippen molar-refractivity contribution < 1.29 is 0 Å². The third-order valence-electron chi connectivity index (χ3n) is 5.60. The van der Waals surface area contributed by atoms with Crippen molar-refractivity contribution in [1.82, 2.24) is 4.90 Å². The smallest absolute Gasteiger partial charge is 0.00982 e. The molecule has 1 aliphatic heterocycles. The van der Waals surface area contributed by atoms with Crippen LogP contribution in [0.1, 0.15) is 72.6 Å². The highest BCUT2D eigenvalue weighted by Crippen LogP contribution is 2.38. The normalized spacial score (nSPS) is 39.0. The van der Waals surface area contributed by atoms with Gasteiger partial charge in [-0.1, -0.05) is 27.2 Å². The van der Waals surface area contributed by atoms with Gasteiger partial charge in [0.15, 0.2) is 0 Å². The second kappa shape index (κ2) is 6.13. The van der Waals surface area contributed by atoms with Crippen LogP contribution in [0.4, 0.5) is 0 Å². The van der Waals surface area contributed by atoms with Crippen LogP contribution in [0.2, 0.25) is 0 Å². The van der Waals surface area contributed by atoms with Crippen molar-refractivity contribution in [3.63, 3.8) is 0 Å². The second-order valence-corrected chi connectivity index (χ2v) is 8.10. The van der Waals surface area contributed by atoms with E-state index in [1.807, 2.05) is 0 Å². The SMILES string of the molecule is CC1CC(N)CCN1C1CCCC(C(C)(C)C)CC1. The number of hydrogen-bond acceptors (Lipinski definition) is 2. The zero-order valence-electron chi connectivity index (χ0n) is 13.5. The quantitative estimate of drug-likeness (QED) is 0.732. The Morgan fingerprint density at radius 1 is 1.00 bits per heavy atom. The van der Waals surface area contributed by atoms with Gasteiger partial charge in [0.05, 0.1) is 0 Å². The summed E-state index contributed by atoms with van der Waals surface area (Å²) in [4.78, 5) is 2.77. The maximum Gasteiger partial charge on any atom is 0.00982 e. The summed E-state index contributed by atoms with van der Waals surface area (Å²) < 4.78 is 0. The molecule has 19 heavy (non-hydrogen) atoms. The first-order chi connectivity index (χ1) is 8.88. The van der Waals surface area contributed by atoms with Crippen LogP contribution >= 0.6 is 0 Å². The molecular formula is C17H34N2. The van der Waals surface area contributed by atoms with Crippen molar-refractivity contribution in [3.8, 4) is 0 Å². The molecule has 0 aromatic carbocycles. The van der Waals surface area contributed by atoms with Crippen molar-refractivity contribution >= 4 is 0 Å². The lowest BCUT2D eigenvalue weighted by Gasteiger charge is -2.41. The van der Waals surface area contributed by atoms with Crippen LogP contribution in [0, 0.1) is 11.3 Å². The average Bonchev–Trinajstić information content (AvgIpc) is 2.54. The van der Waals surface area contributed by atoms with E-state index in [0.29, 0.717) is 17.5 Å². The Bertz CT molecular complexity index is 281. The molecule has 2 rings (SSSR count). The van der Waals surface area contributed by atoms with Crippen LogP contribution in [0.25, 0.3) is 0 Å². The fourth-order valence-electron chi connectivity index (χ4n) is 4.25. The van der Waals surface area contributed by atoms with Crippen LogP contribution < -0.4 is 5.73 Å². The van der Waals surface area contributed by atoms with Crippen molar-refractivity contribution in [2.45, 2.75) is 90.8 Å². The highest BCUT2D eigenvalue weighted by Gasteiger charge is 2.33. The number of rotatable bonds is 1. The van der Waals surface area contributed by atoms with Crippen LogP contribution in [0.15, 0.2) is 0 Å². The molecule has 2 N–H and O–H groups in total. The zero-order valence-corrected chi connectivity index (χ0v) is 13.5. The van der Waals surface area contributed by atoms with E-state index in [4.69, 9.17) is 5.73 Å². The molecule has 4 unspecified atom stereocenters. The number of nitrogens with zero attached hydrogens (tertiary/aromatic N) is 1. The molecule has 0 aromatic rings. The number of piperidine rings is 1. The molecule has 2 aliphatic rings. The average molecular weight is 266 g/mol. The van der Waals surface area contributed by atoms with Gasteiger partial charge in [0.1, 0.15) is 0 Å². The van der Waals surface area contributed by atoms with Crippen molar-refractivity contribution in [2.24, 2.45) is 17.1 Å². The van der Waals surface area contributed by atoms with Gasteiger partial charge in [0.2, 0.25) is 0 Å². The molecule has 1 saturated carbocycles. The predicted octanol–water partition coefficient (Wildman–Crippen LogP) is 3.79. The first-order valence-corrected chi connectivity index (χ1v) is 8.39. The van der Waals surface area contributed by atoms with Gasteiger partial charge in [-0.3, -0.25) is 4.90 Å². The lowest BCUT2D eigenvalue weighted by atomic mass is 9.76. The lowest BCUT2D eigenvalue weighted by Crippen LogP contribution is -2.50. The molecule has 112 valence electrons. The molecule has 1 saturated heterocycles. The van der Waals surface area contributed by atoms with Gasteiger partial charge in [-0.25, -0.2) is 0 Å². The van der Waals surface area contributed by atoms with Gasteiger partial charge in [0.25, 0.3) is 0 Å². The van der Waals surface area contributed by atoms with E-state index < -0.39 is 0 Å². The van der Waals surface area contributed by atoms with Gasteiger partial charge in [-0.05, 0) is 56.8 Å². The monoisotopic (exact) mass is 266 g/mol. The molecular weight excluding hydrogens is 232 g/mol. The number of likely N-dealkylation sites (tertiary alicyclic amines) is 1. The Morgan fingerprint density at radius 3 is 2.37 bits per heavy atom. The molecule has 2 nitrogen and oxygen atoms in total. The fourth-order valence-corrected chi connectivity index (χ4v) is 4.25. The minimum Gasteiger partial charge on any atom is -0.328 e. The summed E-state index contributed by atoms with van der Waals surface area (Å²) in [5.41, 5.74) is 6.59. The first-order valence-electron chi connectivity index (χ1n) is 8.39. The summed E-state index contributed by atoms with van der Waals surface area (Å²) in [6.45, 7) is 10.9. The minimum absolute atomic E-state index is 0.444. The third kappa shape index (κ3) is 3.95. The number of nitrogens with two attached hydrogens (primary N) is 1. The van der Waals surface area contributed by atoms with E-state index in [2.05, 4.69) is 32.6 Å². The maximum absolute atomic E-state index is 6.10. The third-order valence-corrected chi connectivity index (χ3v) is 5.60. The van der Waals surface area contributed by atoms with E-state index in [1.165, 1.54) is 51.5 Å². The van der Waals surface area contributed by atoms with Crippen molar-refractivity contribution in [3.05, 3.63) is 0 Å². The van der Waals surface area contributed by atoms with Gasteiger partial charge < -0.3 is 5.73 Å². The van der Waals surface area contributed by atoms with E-state index in [9.17, 15) is 0 Å². The molecule has 1 heterocycles. The highest BCUT2D eigenvalue weighted by atomic mass is 15.2. The van der Waals surface area contributed by atoms with Crippen LogP contribution in [-0.2, 0) is 0 Å². The second-order valence-electron chi connectivity index (χ2n) is 8.10. The van der Waals surface area contributed by atoms with Gasteiger partial charge in [0, 0.05) is 24.7 Å². The van der Waals surface area contributed by atoms with Gasteiger partial charge in [-0.15, -0.1) is 0 Å². The van der Waals surface area contributed by atoms with Crippen LogP contribution in [-0.4, -0.2) is 29.6 Å². The Labute approximate surface area is 120 Å². The van der Waals surface area contributed by atoms with E-state index in [0.717, 1.165) is 12.0 Å². The standard InChI is InChI=1S/C17H34N2/c1-13-12-15(18)10-11-19(13)16-7-5-6-14(8-9-16)17(2,3)4/h13-16H,5-12,18H2,1-4H3. The Kier molecular flexibility index (Phi) is 4.94. The largest absolute Gasteiger partial charge is 0.328 e. The molecule has 0 amide bonds. The topological polar surface area (TPSA) is 29.3 Å². The molecule has 0 bridgehead atoms. The molecule has 0 radical (unpaired) electrons. The van der Waals surface area contributed by atoms with Gasteiger partial charge in [-0.2, -0.15) is 0 Å². The van der Waals surface area contributed by atoms with E-state index >= 15 is 0 Å². The highest BCUT2D eigenvalue weighted by molar-refractivity contribution is 4.88. The molecule has 0 aromatic heterocycles. The van der Waals surface area contributed by atoms with E-state index in [1.54, 1.807) is 0 Å². The zero-order chi connectivity index (χ0) is 14.0. The summed E-state index contributed by atoms with van der Waals surface area (Å²) >= 11 is 0. The van der Waals surface area contributed by atoms with Crippen molar-refractivity contribution in [2.75, 3.05) is 6.54 Å². The summed E-state index contributed by atoms with van der Waals surface area (Å²) in [5.74, 6) is 0.917. The Balaban J connectivity index is 1.92. The summed E-state index contributed by atoms with van der Waals surface area (Å²) in [6, 6.07) is 1.97. The van der Waals surface area contributed by atoms with Crippen LogP contribution in [0.5, 0.6) is 0 Å². The van der Waals surface area contributed by atoms with Crippen molar-refractivity contribution in [1.29, 1.82) is 0 Å². The summed E-state index contributed by atoms with van der Waals surface area (Å²) in [6.07, 6.45) is 9.48. The Hall–Kier alpha value is -0.0800. The lowest BCUT2D eigenvalue weighted by molar-refractivity contribution is 0.0846. The van der Waals surface area contributed by atoms with Gasteiger partial charge >= 0.3 is 0 Å². The molecule has 2 heteroatoms. The maximum atomic E-state index is 6.10. The van der Waals surface area contributed by atoms with E-state index in [-0.39, 0.29) is 0 Å². The fraction of sp³-hybridized carbons (Fsp3) is 1.00. The predicted molar refractivity (Wildman–Crippen MR) is 83.2 cm³/mol. The molecule has 1 aliphatic carbocycles. The summed E-state index contributed by atoms with van der Waals surface area (Å²) in [5, 5.41) is 0. The molecule has 0 spiro atoms. The molecule has 4 atom stereocenters. The molecule has 2 fully saturated rings.